The SMILES string of the molecule is COc1ccc(C(C)C)cc1/C=C1\N=C(c2ccccc2)OC1=O. The van der Waals surface area contributed by atoms with Gasteiger partial charge in [-0.05, 0) is 41.8 Å². The molecule has 4 nitrogen and oxygen atoms in total. The molecule has 0 unspecified atom stereocenters. The van der Waals surface area contributed by atoms with E-state index >= 15 is 0 Å². The first-order chi connectivity index (χ1) is 11.6. The highest BCUT2D eigenvalue weighted by atomic mass is 16.6. The number of nitrogens with zero attached hydrogens (tertiary/aromatic N) is 1. The Balaban J connectivity index is 2.00. The van der Waals surface area contributed by atoms with Gasteiger partial charge in [0.15, 0.2) is 5.70 Å². The normalized spacial score (nSPS) is 15.6. The zero-order valence-corrected chi connectivity index (χ0v) is 13.9. The Morgan fingerprint density at radius 1 is 1.12 bits per heavy atom. The maximum Gasteiger partial charge on any atom is 0.363 e. The average molecular weight is 321 g/mol. The molecule has 4 heteroatoms. The molecule has 0 aromatic heterocycles. The minimum absolute atomic E-state index is 0.271. The summed E-state index contributed by atoms with van der Waals surface area (Å²) in [5, 5.41) is 0. The summed E-state index contributed by atoms with van der Waals surface area (Å²) in [7, 11) is 1.61. The van der Waals surface area contributed by atoms with E-state index in [4.69, 9.17) is 9.47 Å². The van der Waals surface area contributed by atoms with E-state index in [1.165, 1.54) is 5.56 Å². The summed E-state index contributed by atoms with van der Waals surface area (Å²) in [6.45, 7) is 4.24. The Bertz CT molecular complexity index is 820. The second-order valence-electron chi connectivity index (χ2n) is 5.86. The van der Waals surface area contributed by atoms with Gasteiger partial charge in [0.1, 0.15) is 5.75 Å². The summed E-state index contributed by atoms with van der Waals surface area (Å²) >= 11 is 0. The van der Waals surface area contributed by atoms with Crippen LogP contribution in [0.5, 0.6) is 5.75 Å². The summed E-state index contributed by atoms with van der Waals surface area (Å²) in [6.07, 6.45) is 1.71. The zero-order valence-electron chi connectivity index (χ0n) is 13.9. The third kappa shape index (κ3) is 3.23. The summed E-state index contributed by atoms with van der Waals surface area (Å²) < 4.78 is 10.7. The topological polar surface area (TPSA) is 47.9 Å². The number of methoxy groups -OCH3 is 1. The van der Waals surface area contributed by atoms with E-state index in [9.17, 15) is 4.79 Å². The van der Waals surface area contributed by atoms with Gasteiger partial charge in [0, 0.05) is 11.1 Å². The first kappa shape index (κ1) is 16.0. The molecule has 0 saturated heterocycles. The average Bonchev–Trinajstić information content (AvgIpc) is 2.96. The van der Waals surface area contributed by atoms with Crippen molar-refractivity contribution >= 4 is 17.9 Å². The van der Waals surface area contributed by atoms with Gasteiger partial charge in [-0.3, -0.25) is 0 Å². The largest absolute Gasteiger partial charge is 0.496 e. The lowest BCUT2D eigenvalue weighted by Gasteiger charge is -2.10. The highest BCUT2D eigenvalue weighted by Crippen LogP contribution is 2.28. The van der Waals surface area contributed by atoms with Gasteiger partial charge in [-0.1, -0.05) is 38.1 Å². The lowest BCUT2D eigenvalue weighted by Crippen LogP contribution is -2.05. The van der Waals surface area contributed by atoms with Gasteiger partial charge in [-0.15, -0.1) is 0 Å². The van der Waals surface area contributed by atoms with Crippen LogP contribution in [0.25, 0.3) is 6.08 Å². The third-order valence-electron chi connectivity index (χ3n) is 3.85. The van der Waals surface area contributed by atoms with Crippen molar-refractivity contribution in [3.8, 4) is 5.75 Å². The minimum Gasteiger partial charge on any atom is -0.496 e. The predicted molar refractivity (Wildman–Crippen MR) is 94.1 cm³/mol. The number of carbonyl (C=O) groups excluding carboxylic acids is 1. The van der Waals surface area contributed by atoms with Gasteiger partial charge >= 0.3 is 5.97 Å². The van der Waals surface area contributed by atoms with Crippen molar-refractivity contribution in [3.63, 3.8) is 0 Å². The molecule has 0 radical (unpaired) electrons. The summed E-state index contributed by atoms with van der Waals surface area (Å²) in [6, 6.07) is 15.3. The summed E-state index contributed by atoms with van der Waals surface area (Å²) in [5.41, 5.74) is 3.03. The molecule has 0 saturated carbocycles. The van der Waals surface area contributed by atoms with Crippen molar-refractivity contribution in [2.45, 2.75) is 19.8 Å². The number of benzene rings is 2. The van der Waals surface area contributed by atoms with Gasteiger partial charge in [-0.25, -0.2) is 9.79 Å². The molecule has 0 aliphatic carbocycles. The second-order valence-corrected chi connectivity index (χ2v) is 5.86. The van der Waals surface area contributed by atoms with Crippen LogP contribution in [0, 0.1) is 0 Å². The molecule has 0 bridgehead atoms. The smallest absolute Gasteiger partial charge is 0.363 e. The molecule has 0 amide bonds. The fourth-order valence-electron chi connectivity index (χ4n) is 2.49. The third-order valence-corrected chi connectivity index (χ3v) is 3.85. The van der Waals surface area contributed by atoms with Gasteiger partial charge in [0.2, 0.25) is 5.90 Å². The van der Waals surface area contributed by atoms with E-state index < -0.39 is 5.97 Å². The van der Waals surface area contributed by atoms with Crippen LogP contribution in [0.3, 0.4) is 0 Å². The molecule has 1 aliphatic rings. The highest BCUT2D eigenvalue weighted by molar-refractivity contribution is 6.12. The number of esters is 1. The van der Waals surface area contributed by atoms with Crippen molar-refractivity contribution in [1.82, 2.24) is 0 Å². The Hall–Kier alpha value is -2.88. The van der Waals surface area contributed by atoms with Crippen LogP contribution >= 0.6 is 0 Å². The number of cyclic esters (lactones) is 1. The van der Waals surface area contributed by atoms with Crippen molar-refractivity contribution in [1.29, 1.82) is 0 Å². The summed E-state index contributed by atoms with van der Waals surface area (Å²) in [5.74, 6) is 0.951. The van der Waals surface area contributed by atoms with Gasteiger partial charge in [0.05, 0.1) is 7.11 Å². The molecular weight excluding hydrogens is 302 g/mol. The van der Waals surface area contributed by atoms with Crippen molar-refractivity contribution in [2.24, 2.45) is 4.99 Å². The number of hydrogen-bond acceptors (Lipinski definition) is 4. The van der Waals surface area contributed by atoms with E-state index in [2.05, 4.69) is 18.8 Å². The maximum atomic E-state index is 12.1. The van der Waals surface area contributed by atoms with Crippen molar-refractivity contribution in [3.05, 3.63) is 70.9 Å². The molecule has 0 spiro atoms. The lowest BCUT2D eigenvalue weighted by atomic mass is 10.00. The molecule has 0 N–H and O–H groups in total. The molecule has 24 heavy (non-hydrogen) atoms. The fraction of sp³-hybridized carbons (Fsp3) is 0.200. The van der Waals surface area contributed by atoms with Crippen LogP contribution in [0.15, 0.2) is 59.2 Å². The first-order valence-electron chi connectivity index (χ1n) is 7.84. The Morgan fingerprint density at radius 3 is 2.54 bits per heavy atom. The maximum absolute atomic E-state index is 12.1. The molecule has 2 aromatic carbocycles. The van der Waals surface area contributed by atoms with E-state index in [1.54, 1.807) is 13.2 Å². The Morgan fingerprint density at radius 2 is 1.88 bits per heavy atom. The van der Waals surface area contributed by atoms with Crippen LogP contribution < -0.4 is 4.74 Å². The standard InChI is InChI=1S/C20H19NO3/c1-13(2)15-9-10-18(23-3)16(11-15)12-17-20(22)24-19(21-17)14-7-5-4-6-8-14/h4-13H,1-3H3/b17-12-. The van der Waals surface area contributed by atoms with Crippen LogP contribution in [0.1, 0.15) is 36.5 Å². The van der Waals surface area contributed by atoms with Crippen molar-refractivity contribution < 1.29 is 14.3 Å². The van der Waals surface area contributed by atoms with Crippen molar-refractivity contribution in [2.75, 3.05) is 7.11 Å². The fourth-order valence-corrected chi connectivity index (χ4v) is 2.49. The molecule has 0 fully saturated rings. The monoisotopic (exact) mass is 321 g/mol. The van der Waals surface area contributed by atoms with E-state index in [0.717, 1.165) is 11.1 Å². The highest BCUT2D eigenvalue weighted by Gasteiger charge is 2.24. The van der Waals surface area contributed by atoms with Gasteiger partial charge in [-0.2, -0.15) is 0 Å². The van der Waals surface area contributed by atoms with Crippen LogP contribution in [0.4, 0.5) is 0 Å². The van der Waals surface area contributed by atoms with E-state index in [1.807, 2.05) is 48.5 Å². The summed E-state index contributed by atoms with van der Waals surface area (Å²) in [4.78, 5) is 16.5. The number of ether oxygens (including phenoxy) is 2. The van der Waals surface area contributed by atoms with Crippen LogP contribution in [-0.2, 0) is 9.53 Å². The number of carbonyl (C=O) groups is 1. The Labute approximate surface area is 141 Å². The zero-order chi connectivity index (χ0) is 17.1. The number of hydrogen-bond donors (Lipinski definition) is 0. The van der Waals surface area contributed by atoms with E-state index in [-0.39, 0.29) is 5.70 Å². The number of rotatable bonds is 4. The first-order valence-corrected chi connectivity index (χ1v) is 7.84. The second kappa shape index (κ2) is 6.71. The van der Waals surface area contributed by atoms with Gasteiger partial charge in [0.25, 0.3) is 0 Å². The molecule has 1 aliphatic heterocycles. The quantitative estimate of drug-likeness (QED) is 0.627. The minimum atomic E-state index is -0.453. The Kier molecular flexibility index (Phi) is 4.47. The van der Waals surface area contributed by atoms with Crippen LogP contribution in [0.2, 0.25) is 0 Å². The van der Waals surface area contributed by atoms with Crippen LogP contribution in [-0.4, -0.2) is 19.0 Å². The molecule has 0 atom stereocenters. The van der Waals surface area contributed by atoms with E-state index in [0.29, 0.717) is 17.6 Å². The molecular formula is C20H19NO3. The molecule has 122 valence electrons. The molecule has 2 aromatic rings. The molecule has 1 heterocycles. The predicted octanol–water partition coefficient (Wildman–Crippen LogP) is 4.16. The number of aliphatic imine (C=N–C) groups is 1. The van der Waals surface area contributed by atoms with Gasteiger partial charge < -0.3 is 9.47 Å². The molecule has 3 rings (SSSR count). The lowest BCUT2D eigenvalue weighted by molar-refractivity contribution is -0.129.